The summed E-state index contributed by atoms with van der Waals surface area (Å²) < 4.78 is 27.4. The smallest absolute Gasteiger partial charge is 0.265 e. The van der Waals surface area contributed by atoms with Gasteiger partial charge in [-0.2, -0.15) is 0 Å². The third kappa shape index (κ3) is 2.52. The van der Waals surface area contributed by atoms with Gasteiger partial charge in [-0.25, -0.2) is 8.42 Å². The van der Waals surface area contributed by atoms with E-state index < -0.39 is 10.0 Å². The fourth-order valence-electron chi connectivity index (χ4n) is 1.89. The third-order valence-corrected chi connectivity index (χ3v) is 5.06. The minimum Gasteiger partial charge on any atom is -0.398 e. The first-order chi connectivity index (χ1) is 9.97. The first-order valence-electron chi connectivity index (χ1n) is 5.93. The fraction of sp³-hybridized carbons (Fsp3) is 0.0833. The molecule has 1 aromatic carbocycles. The van der Waals surface area contributed by atoms with Crippen molar-refractivity contribution in [2.45, 2.75) is 11.8 Å². The Bertz CT molecular complexity index is 920. The lowest BCUT2D eigenvalue weighted by Crippen LogP contribution is -2.14. The van der Waals surface area contributed by atoms with Crippen molar-refractivity contribution in [1.29, 1.82) is 0 Å². The molecule has 0 aliphatic heterocycles. The number of fused-ring (bicyclic) bond motifs is 1. The van der Waals surface area contributed by atoms with Crippen LogP contribution in [-0.4, -0.2) is 23.6 Å². The maximum atomic E-state index is 12.5. The highest BCUT2D eigenvalue weighted by atomic mass is 32.2. The molecule has 0 spiro atoms. The number of benzene rings is 1. The summed E-state index contributed by atoms with van der Waals surface area (Å²) in [5.74, 6) is 0. The lowest BCUT2D eigenvalue weighted by Gasteiger charge is -2.09. The van der Waals surface area contributed by atoms with Crippen molar-refractivity contribution < 1.29 is 8.42 Å². The molecule has 0 bridgehead atoms. The lowest BCUT2D eigenvalue weighted by molar-refractivity contribution is 0.602. The molecule has 2 aromatic heterocycles. The molecule has 3 N–H and O–H groups in total. The largest absolute Gasteiger partial charge is 0.398 e. The molecule has 0 atom stereocenters. The number of hydrogen-bond donors (Lipinski definition) is 2. The zero-order chi connectivity index (χ0) is 15.0. The summed E-state index contributed by atoms with van der Waals surface area (Å²) in [4.78, 5) is 4.18. The Kier molecular flexibility index (Phi) is 3.22. The molecule has 0 radical (unpaired) electrons. The van der Waals surface area contributed by atoms with Crippen LogP contribution < -0.4 is 10.5 Å². The fourth-order valence-corrected chi connectivity index (χ4v) is 3.88. The van der Waals surface area contributed by atoms with Gasteiger partial charge in [0.2, 0.25) is 5.13 Å². The van der Waals surface area contributed by atoms with Crippen molar-refractivity contribution in [2.24, 2.45) is 0 Å². The minimum absolute atomic E-state index is 0.0557. The second kappa shape index (κ2) is 4.93. The number of nitrogens with one attached hydrogen (secondary N) is 1. The van der Waals surface area contributed by atoms with E-state index in [1.807, 2.05) is 0 Å². The average molecular weight is 321 g/mol. The molecule has 9 heteroatoms. The Morgan fingerprint density at radius 3 is 2.76 bits per heavy atom. The van der Waals surface area contributed by atoms with E-state index in [1.54, 1.807) is 25.1 Å². The van der Waals surface area contributed by atoms with Gasteiger partial charge in [-0.1, -0.05) is 11.3 Å². The van der Waals surface area contributed by atoms with Gasteiger partial charge in [0.25, 0.3) is 10.0 Å². The molecule has 0 unspecified atom stereocenters. The summed E-state index contributed by atoms with van der Waals surface area (Å²) in [5, 5.41) is 9.02. The van der Waals surface area contributed by atoms with Crippen molar-refractivity contribution >= 4 is 43.1 Å². The van der Waals surface area contributed by atoms with Gasteiger partial charge in [0.05, 0.1) is 5.52 Å². The molecule has 21 heavy (non-hydrogen) atoms. The van der Waals surface area contributed by atoms with E-state index in [4.69, 9.17) is 5.73 Å². The van der Waals surface area contributed by atoms with Gasteiger partial charge in [0.1, 0.15) is 9.90 Å². The minimum atomic E-state index is -3.80. The number of aryl methyl sites for hydroxylation is 1. The molecule has 0 aliphatic rings. The number of pyridine rings is 1. The van der Waals surface area contributed by atoms with Crippen molar-refractivity contribution in [3.63, 3.8) is 0 Å². The Morgan fingerprint density at radius 2 is 2.05 bits per heavy atom. The predicted molar refractivity (Wildman–Crippen MR) is 81.6 cm³/mol. The maximum Gasteiger partial charge on any atom is 0.265 e. The van der Waals surface area contributed by atoms with Crippen molar-refractivity contribution in [1.82, 2.24) is 15.2 Å². The molecule has 2 heterocycles. The Hall–Kier alpha value is -2.26. The van der Waals surface area contributed by atoms with Crippen molar-refractivity contribution in [2.75, 3.05) is 10.5 Å². The molecule has 0 aliphatic carbocycles. The first-order valence-corrected chi connectivity index (χ1v) is 8.23. The summed E-state index contributed by atoms with van der Waals surface area (Å²) in [5.41, 5.74) is 6.65. The van der Waals surface area contributed by atoms with Crippen LogP contribution in [0.15, 0.2) is 35.4 Å². The van der Waals surface area contributed by atoms with E-state index in [2.05, 4.69) is 19.9 Å². The van der Waals surface area contributed by atoms with Crippen LogP contribution in [0, 0.1) is 6.92 Å². The van der Waals surface area contributed by atoms with E-state index in [9.17, 15) is 8.42 Å². The third-order valence-electron chi connectivity index (χ3n) is 2.80. The number of sulfonamides is 1. The average Bonchev–Trinajstić information content (AvgIpc) is 2.83. The van der Waals surface area contributed by atoms with Crippen LogP contribution in [-0.2, 0) is 10.0 Å². The second-order valence-electron chi connectivity index (χ2n) is 4.28. The lowest BCUT2D eigenvalue weighted by atomic mass is 10.2. The van der Waals surface area contributed by atoms with E-state index in [1.165, 1.54) is 12.3 Å². The summed E-state index contributed by atoms with van der Waals surface area (Å²) in [6, 6.07) is 6.41. The summed E-state index contributed by atoms with van der Waals surface area (Å²) in [7, 11) is -3.80. The highest BCUT2D eigenvalue weighted by Crippen LogP contribution is 2.27. The van der Waals surface area contributed by atoms with Gasteiger partial charge in [-0.3, -0.25) is 9.71 Å². The van der Waals surface area contributed by atoms with Gasteiger partial charge in [-0.15, -0.1) is 10.2 Å². The van der Waals surface area contributed by atoms with Crippen LogP contribution >= 0.6 is 11.3 Å². The molecule has 0 saturated carbocycles. The number of nitrogens with zero attached hydrogens (tertiary/aromatic N) is 3. The second-order valence-corrected chi connectivity index (χ2v) is 7.12. The van der Waals surface area contributed by atoms with E-state index in [0.29, 0.717) is 21.6 Å². The van der Waals surface area contributed by atoms with Crippen LogP contribution in [0.25, 0.3) is 10.9 Å². The number of nitrogen functional groups attached to an aromatic ring is 1. The van der Waals surface area contributed by atoms with Crippen molar-refractivity contribution in [3.05, 3.63) is 35.5 Å². The first kappa shape index (κ1) is 13.7. The number of hydrogen-bond acceptors (Lipinski definition) is 7. The highest BCUT2D eigenvalue weighted by Gasteiger charge is 2.20. The van der Waals surface area contributed by atoms with Crippen molar-refractivity contribution in [3.8, 4) is 0 Å². The molecule has 3 aromatic rings. The van der Waals surface area contributed by atoms with Gasteiger partial charge >= 0.3 is 0 Å². The Balaban J connectivity index is 2.13. The maximum absolute atomic E-state index is 12.5. The quantitative estimate of drug-likeness (QED) is 0.711. The monoisotopic (exact) mass is 321 g/mol. The topological polar surface area (TPSA) is 111 Å². The molecule has 3 rings (SSSR count). The van der Waals surface area contributed by atoms with Crippen LogP contribution in [0.2, 0.25) is 0 Å². The Morgan fingerprint density at radius 1 is 1.24 bits per heavy atom. The van der Waals surface area contributed by atoms with Gasteiger partial charge in [0, 0.05) is 17.3 Å². The van der Waals surface area contributed by atoms with Gasteiger partial charge < -0.3 is 5.73 Å². The zero-order valence-corrected chi connectivity index (χ0v) is 12.6. The molecule has 108 valence electrons. The molecular formula is C12H11N5O2S2. The molecular weight excluding hydrogens is 310 g/mol. The van der Waals surface area contributed by atoms with Crippen LogP contribution in [0.3, 0.4) is 0 Å². The number of anilines is 2. The predicted octanol–water partition coefficient (Wildman–Crippen LogP) is 1.78. The molecule has 0 amide bonds. The molecule has 7 nitrogen and oxygen atoms in total. The molecule has 0 fully saturated rings. The summed E-state index contributed by atoms with van der Waals surface area (Å²) >= 11 is 1.16. The molecule has 0 saturated heterocycles. The van der Waals surface area contributed by atoms with Gasteiger partial charge in [0.15, 0.2) is 0 Å². The Labute approximate surface area is 124 Å². The zero-order valence-electron chi connectivity index (χ0n) is 10.9. The van der Waals surface area contributed by atoms with E-state index in [-0.39, 0.29) is 10.0 Å². The number of rotatable bonds is 3. The SMILES string of the molecule is Cc1nnc(NS(=O)(=O)c2ccc(N)c3cccnc23)s1. The van der Waals surface area contributed by atoms with Crippen LogP contribution in [0.5, 0.6) is 0 Å². The number of nitrogens with two attached hydrogens (primary N) is 1. The summed E-state index contributed by atoms with van der Waals surface area (Å²) in [6.07, 6.45) is 1.52. The summed E-state index contributed by atoms with van der Waals surface area (Å²) in [6.45, 7) is 1.75. The highest BCUT2D eigenvalue weighted by molar-refractivity contribution is 7.93. The van der Waals surface area contributed by atoms with E-state index >= 15 is 0 Å². The normalized spacial score (nSPS) is 11.7. The van der Waals surface area contributed by atoms with E-state index in [0.717, 1.165) is 11.3 Å². The van der Waals surface area contributed by atoms with Crippen LogP contribution in [0.1, 0.15) is 5.01 Å². The van der Waals surface area contributed by atoms with Crippen LogP contribution in [0.4, 0.5) is 10.8 Å². The number of aromatic nitrogens is 3. The standard InChI is InChI=1S/C12H11N5O2S2/c1-7-15-16-12(20-7)17-21(18,19)10-5-4-9(13)8-3-2-6-14-11(8)10/h2-6H,13H2,1H3,(H,16,17). The van der Waals surface area contributed by atoms with Gasteiger partial charge in [-0.05, 0) is 31.2 Å².